The number of likely N-dealkylation sites (tertiary alicyclic amines) is 1. The minimum Gasteiger partial charge on any atom is -0.357 e. The highest BCUT2D eigenvalue weighted by Gasteiger charge is 2.25. The predicted octanol–water partition coefficient (Wildman–Crippen LogP) is 1.73. The highest BCUT2D eigenvalue weighted by molar-refractivity contribution is 5.85. The SMILES string of the molecule is CCNC(=O)CN=C(NCC)NC1CCN(Cc2ccccc2)C(C)C1. The number of aliphatic imine (C=N–C) groups is 1. The topological polar surface area (TPSA) is 68.8 Å². The van der Waals surface area contributed by atoms with Crippen LogP contribution < -0.4 is 16.0 Å². The van der Waals surface area contributed by atoms with E-state index in [0.29, 0.717) is 18.6 Å². The molecule has 2 unspecified atom stereocenters. The summed E-state index contributed by atoms with van der Waals surface area (Å²) in [5.41, 5.74) is 1.36. The fraction of sp³-hybridized carbons (Fsp3) is 0.600. The van der Waals surface area contributed by atoms with Gasteiger partial charge in [0.25, 0.3) is 0 Å². The number of carbonyl (C=O) groups is 1. The molecule has 0 saturated carbocycles. The molecule has 1 amide bonds. The Morgan fingerprint density at radius 1 is 1.19 bits per heavy atom. The molecule has 0 spiro atoms. The first-order chi connectivity index (χ1) is 12.6. The van der Waals surface area contributed by atoms with Crippen molar-refractivity contribution >= 4 is 11.9 Å². The van der Waals surface area contributed by atoms with Crippen LogP contribution in [0.1, 0.15) is 39.2 Å². The number of rotatable bonds is 7. The number of carbonyl (C=O) groups excluding carboxylic acids is 1. The van der Waals surface area contributed by atoms with Crippen molar-refractivity contribution in [3.05, 3.63) is 35.9 Å². The van der Waals surface area contributed by atoms with E-state index in [-0.39, 0.29) is 12.5 Å². The molecule has 26 heavy (non-hydrogen) atoms. The van der Waals surface area contributed by atoms with Crippen LogP contribution in [0.2, 0.25) is 0 Å². The number of hydrogen-bond acceptors (Lipinski definition) is 3. The molecule has 0 bridgehead atoms. The maximum atomic E-state index is 11.6. The molecule has 1 aromatic rings. The summed E-state index contributed by atoms with van der Waals surface area (Å²) in [6.07, 6.45) is 2.14. The lowest BCUT2D eigenvalue weighted by atomic mass is 9.97. The Morgan fingerprint density at radius 3 is 2.58 bits per heavy atom. The van der Waals surface area contributed by atoms with Gasteiger partial charge in [-0.3, -0.25) is 9.69 Å². The summed E-state index contributed by atoms with van der Waals surface area (Å²) in [6.45, 7) is 9.87. The fourth-order valence-electron chi connectivity index (χ4n) is 3.32. The lowest BCUT2D eigenvalue weighted by Gasteiger charge is -2.38. The van der Waals surface area contributed by atoms with E-state index in [1.807, 2.05) is 13.8 Å². The normalized spacial score (nSPS) is 21.3. The summed E-state index contributed by atoms with van der Waals surface area (Å²) in [4.78, 5) is 18.6. The van der Waals surface area contributed by atoms with E-state index in [1.165, 1.54) is 5.56 Å². The first-order valence-electron chi connectivity index (χ1n) is 9.71. The second kappa shape index (κ2) is 10.8. The van der Waals surface area contributed by atoms with Gasteiger partial charge < -0.3 is 16.0 Å². The van der Waals surface area contributed by atoms with Gasteiger partial charge in [0.1, 0.15) is 6.54 Å². The summed E-state index contributed by atoms with van der Waals surface area (Å²) >= 11 is 0. The van der Waals surface area contributed by atoms with Gasteiger partial charge in [0, 0.05) is 38.3 Å². The van der Waals surface area contributed by atoms with Crippen molar-refractivity contribution in [2.24, 2.45) is 4.99 Å². The van der Waals surface area contributed by atoms with Crippen molar-refractivity contribution < 1.29 is 4.79 Å². The zero-order chi connectivity index (χ0) is 18.8. The molecule has 1 heterocycles. The van der Waals surface area contributed by atoms with Gasteiger partial charge in [-0.15, -0.1) is 0 Å². The maximum absolute atomic E-state index is 11.6. The zero-order valence-electron chi connectivity index (χ0n) is 16.3. The molecule has 1 saturated heterocycles. The molecule has 1 aromatic carbocycles. The Balaban J connectivity index is 1.85. The van der Waals surface area contributed by atoms with E-state index in [9.17, 15) is 4.79 Å². The van der Waals surface area contributed by atoms with Crippen LogP contribution in [0.3, 0.4) is 0 Å². The lowest BCUT2D eigenvalue weighted by molar-refractivity contribution is -0.119. The largest absolute Gasteiger partial charge is 0.357 e. The van der Waals surface area contributed by atoms with Gasteiger partial charge in [-0.25, -0.2) is 4.99 Å². The minimum absolute atomic E-state index is 0.0456. The standard InChI is InChI=1S/C20H33N5O/c1-4-21-19(26)14-23-20(22-5-2)24-18-11-12-25(16(3)13-18)15-17-9-7-6-8-10-17/h6-10,16,18H,4-5,11-15H2,1-3H3,(H,21,26)(H2,22,23,24). The van der Waals surface area contributed by atoms with Crippen LogP contribution in [0.25, 0.3) is 0 Å². The number of hydrogen-bond donors (Lipinski definition) is 3. The van der Waals surface area contributed by atoms with Crippen LogP contribution in [-0.4, -0.2) is 55.0 Å². The Bertz CT molecular complexity index is 575. The molecule has 0 radical (unpaired) electrons. The van der Waals surface area contributed by atoms with Gasteiger partial charge in [0.2, 0.25) is 5.91 Å². The number of guanidine groups is 1. The Morgan fingerprint density at radius 2 is 1.92 bits per heavy atom. The van der Waals surface area contributed by atoms with Gasteiger partial charge >= 0.3 is 0 Å². The van der Waals surface area contributed by atoms with Gasteiger partial charge in [-0.05, 0) is 39.2 Å². The quantitative estimate of drug-likeness (QED) is 0.512. The molecule has 144 valence electrons. The Hall–Kier alpha value is -2.08. The molecule has 1 fully saturated rings. The summed E-state index contributed by atoms with van der Waals surface area (Å²) in [7, 11) is 0. The molecule has 6 heteroatoms. The molecular formula is C20H33N5O. The summed E-state index contributed by atoms with van der Waals surface area (Å²) in [6, 6.07) is 11.5. The van der Waals surface area contributed by atoms with E-state index in [0.717, 1.165) is 38.4 Å². The molecule has 3 N–H and O–H groups in total. The average Bonchev–Trinajstić information content (AvgIpc) is 2.63. The third kappa shape index (κ3) is 6.67. The molecule has 2 atom stereocenters. The van der Waals surface area contributed by atoms with Gasteiger partial charge in [-0.2, -0.15) is 0 Å². The van der Waals surface area contributed by atoms with Crippen molar-refractivity contribution in [3.8, 4) is 0 Å². The highest BCUT2D eigenvalue weighted by Crippen LogP contribution is 2.19. The highest BCUT2D eigenvalue weighted by atomic mass is 16.1. The fourth-order valence-corrected chi connectivity index (χ4v) is 3.32. The van der Waals surface area contributed by atoms with Crippen molar-refractivity contribution in [1.29, 1.82) is 0 Å². The molecule has 2 rings (SSSR count). The van der Waals surface area contributed by atoms with Crippen molar-refractivity contribution in [2.75, 3.05) is 26.2 Å². The predicted molar refractivity (Wildman–Crippen MR) is 107 cm³/mol. The monoisotopic (exact) mass is 359 g/mol. The molecule has 0 aromatic heterocycles. The molecule has 1 aliphatic heterocycles. The molecule has 0 aliphatic carbocycles. The van der Waals surface area contributed by atoms with Crippen LogP contribution >= 0.6 is 0 Å². The van der Waals surface area contributed by atoms with Crippen LogP contribution in [0, 0.1) is 0 Å². The number of likely N-dealkylation sites (N-methyl/N-ethyl adjacent to an activating group) is 1. The van der Waals surface area contributed by atoms with E-state index >= 15 is 0 Å². The van der Waals surface area contributed by atoms with Gasteiger partial charge in [-0.1, -0.05) is 30.3 Å². The van der Waals surface area contributed by atoms with E-state index < -0.39 is 0 Å². The molecule has 1 aliphatic rings. The summed E-state index contributed by atoms with van der Waals surface area (Å²) < 4.78 is 0. The van der Waals surface area contributed by atoms with Crippen LogP contribution in [-0.2, 0) is 11.3 Å². The Kier molecular flexibility index (Phi) is 8.41. The second-order valence-corrected chi connectivity index (χ2v) is 6.82. The van der Waals surface area contributed by atoms with Gasteiger partial charge in [0.15, 0.2) is 5.96 Å². The number of piperidine rings is 1. The molecular weight excluding hydrogens is 326 g/mol. The number of amides is 1. The van der Waals surface area contributed by atoms with E-state index in [1.54, 1.807) is 0 Å². The second-order valence-electron chi connectivity index (χ2n) is 6.82. The number of nitrogens with zero attached hydrogens (tertiary/aromatic N) is 2. The van der Waals surface area contributed by atoms with Gasteiger partial charge in [0.05, 0.1) is 0 Å². The van der Waals surface area contributed by atoms with E-state index in [4.69, 9.17) is 0 Å². The summed E-state index contributed by atoms with van der Waals surface area (Å²) in [5.74, 6) is 0.684. The average molecular weight is 360 g/mol. The zero-order valence-corrected chi connectivity index (χ0v) is 16.3. The van der Waals surface area contributed by atoms with E-state index in [2.05, 4.69) is 63.1 Å². The van der Waals surface area contributed by atoms with Crippen LogP contribution in [0.15, 0.2) is 35.3 Å². The van der Waals surface area contributed by atoms with Crippen LogP contribution in [0.4, 0.5) is 0 Å². The van der Waals surface area contributed by atoms with Crippen molar-refractivity contribution in [1.82, 2.24) is 20.9 Å². The Labute approximate surface area is 157 Å². The lowest BCUT2D eigenvalue weighted by Crippen LogP contribution is -2.51. The third-order valence-electron chi connectivity index (χ3n) is 4.68. The maximum Gasteiger partial charge on any atom is 0.241 e. The number of benzene rings is 1. The van der Waals surface area contributed by atoms with Crippen LogP contribution in [0.5, 0.6) is 0 Å². The summed E-state index contributed by atoms with van der Waals surface area (Å²) in [5, 5.41) is 9.51. The smallest absolute Gasteiger partial charge is 0.241 e. The van der Waals surface area contributed by atoms with Crippen molar-refractivity contribution in [2.45, 2.75) is 52.2 Å². The van der Waals surface area contributed by atoms with Crippen molar-refractivity contribution in [3.63, 3.8) is 0 Å². The third-order valence-corrected chi connectivity index (χ3v) is 4.68. The first kappa shape index (κ1) is 20.2. The number of nitrogens with one attached hydrogen (secondary N) is 3. The molecule has 6 nitrogen and oxygen atoms in total. The minimum atomic E-state index is -0.0456. The first-order valence-corrected chi connectivity index (χ1v) is 9.71.